The van der Waals surface area contributed by atoms with Crippen LogP contribution in [0.25, 0.3) is 5.69 Å². The van der Waals surface area contributed by atoms with E-state index in [1.165, 1.54) is 0 Å². The molecule has 4 rings (SSSR count). The molecule has 0 radical (unpaired) electrons. The largest absolute Gasteiger partial charge is 0.322 e. The molecule has 0 spiro atoms. The fourth-order valence-electron chi connectivity index (χ4n) is 3.94. The molecule has 0 bridgehead atoms. The molecular weight excluding hydrogens is 370 g/mol. The van der Waals surface area contributed by atoms with Crippen LogP contribution in [-0.2, 0) is 6.54 Å². The van der Waals surface area contributed by atoms with Gasteiger partial charge in [0.15, 0.2) is 0 Å². The average Bonchev–Trinajstić information content (AvgIpc) is 3.08. The number of halogens is 1. The van der Waals surface area contributed by atoms with E-state index in [2.05, 4.69) is 48.1 Å². The zero-order valence-electron chi connectivity index (χ0n) is 16.3. The number of aryl methyl sites for hydroxylation is 1. The summed E-state index contributed by atoms with van der Waals surface area (Å²) in [6.45, 7) is 6.80. The van der Waals surface area contributed by atoms with Crippen molar-refractivity contribution in [2.24, 2.45) is 5.92 Å². The molecular formula is C23H24ClN3O. The van der Waals surface area contributed by atoms with Gasteiger partial charge in [-0.25, -0.2) is 4.79 Å². The highest BCUT2D eigenvalue weighted by molar-refractivity contribution is 6.31. The normalized spacial score (nSPS) is 15.8. The van der Waals surface area contributed by atoms with Crippen LogP contribution in [0.3, 0.4) is 0 Å². The quantitative estimate of drug-likeness (QED) is 0.554. The van der Waals surface area contributed by atoms with Crippen molar-refractivity contribution in [1.29, 1.82) is 0 Å². The van der Waals surface area contributed by atoms with Crippen molar-refractivity contribution in [1.82, 2.24) is 9.47 Å². The molecule has 2 amide bonds. The Bertz CT molecular complexity index is 1020. The number of benzene rings is 2. The van der Waals surface area contributed by atoms with Gasteiger partial charge >= 0.3 is 6.03 Å². The number of anilines is 1. The first-order valence-electron chi connectivity index (χ1n) is 9.55. The summed E-state index contributed by atoms with van der Waals surface area (Å²) < 4.78 is 2.20. The van der Waals surface area contributed by atoms with Crippen LogP contribution in [0.15, 0.2) is 60.8 Å². The minimum absolute atomic E-state index is 0.0386. The van der Waals surface area contributed by atoms with Crippen molar-refractivity contribution in [2.45, 2.75) is 33.4 Å². The maximum Gasteiger partial charge on any atom is 0.322 e. The molecule has 28 heavy (non-hydrogen) atoms. The zero-order chi connectivity index (χ0) is 19.8. The Morgan fingerprint density at radius 2 is 1.93 bits per heavy atom. The number of urea groups is 1. The summed E-state index contributed by atoms with van der Waals surface area (Å²) in [6.07, 6.45) is 2.07. The van der Waals surface area contributed by atoms with E-state index in [-0.39, 0.29) is 18.0 Å². The molecule has 4 nitrogen and oxygen atoms in total. The lowest BCUT2D eigenvalue weighted by Gasteiger charge is -2.33. The molecule has 1 aliphatic heterocycles. The summed E-state index contributed by atoms with van der Waals surface area (Å²) >= 11 is 6.24. The lowest BCUT2D eigenvalue weighted by Crippen LogP contribution is -2.39. The van der Waals surface area contributed by atoms with Gasteiger partial charge in [0.25, 0.3) is 0 Å². The molecule has 1 aliphatic rings. The second-order valence-electron chi connectivity index (χ2n) is 7.64. The maximum atomic E-state index is 13.3. The third-order valence-electron chi connectivity index (χ3n) is 5.33. The molecule has 2 heterocycles. The Balaban J connectivity index is 1.74. The lowest BCUT2D eigenvalue weighted by molar-refractivity contribution is 0.162. The predicted octanol–water partition coefficient (Wildman–Crippen LogP) is 6.18. The van der Waals surface area contributed by atoms with E-state index in [9.17, 15) is 4.79 Å². The highest BCUT2D eigenvalue weighted by Gasteiger charge is 2.33. The van der Waals surface area contributed by atoms with Gasteiger partial charge in [0.1, 0.15) is 0 Å². The summed E-state index contributed by atoms with van der Waals surface area (Å²) in [7, 11) is 0. The Kier molecular flexibility index (Phi) is 4.90. The summed E-state index contributed by atoms with van der Waals surface area (Å²) in [4.78, 5) is 15.3. The van der Waals surface area contributed by atoms with Gasteiger partial charge in [0.05, 0.1) is 18.3 Å². The Hall–Kier alpha value is -2.72. The third kappa shape index (κ3) is 3.29. The van der Waals surface area contributed by atoms with E-state index in [0.717, 1.165) is 22.5 Å². The number of hydrogen-bond donors (Lipinski definition) is 1. The van der Waals surface area contributed by atoms with Crippen LogP contribution in [0.5, 0.6) is 0 Å². The Labute approximate surface area is 170 Å². The van der Waals surface area contributed by atoms with Crippen molar-refractivity contribution < 1.29 is 4.79 Å². The van der Waals surface area contributed by atoms with Gasteiger partial charge in [-0.1, -0.05) is 49.7 Å². The summed E-state index contributed by atoms with van der Waals surface area (Å²) in [5.74, 6) is 0.260. The van der Waals surface area contributed by atoms with Crippen LogP contribution in [-0.4, -0.2) is 15.5 Å². The fourth-order valence-corrected chi connectivity index (χ4v) is 4.12. The highest BCUT2D eigenvalue weighted by Crippen LogP contribution is 2.37. The third-order valence-corrected chi connectivity index (χ3v) is 5.73. The average molecular weight is 394 g/mol. The summed E-state index contributed by atoms with van der Waals surface area (Å²) in [6, 6.07) is 17.9. The van der Waals surface area contributed by atoms with E-state index in [0.29, 0.717) is 17.3 Å². The zero-order valence-corrected chi connectivity index (χ0v) is 17.1. The molecule has 0 unspecified atom stereocenters. The number of para-hydroxylation sites is 1. The molecule has 1 aromatic heterocycles. The predicted molar refractivity (Wildman–Crippen MR) is 114 cm³/mol. The molecule has 1 atom stereocenters. The van der Waals surface area contributed by atoms with Gasteiger partial charge in [-0.05, 0) is 54.3 Å². The number of nitrogens with one attached hydrogen (secondary N) is 1. The summed E-state index contributed by atoms with van der Waals surface area (Å²) in [5.41, 5.74) is 5.07. The second-order valence-corrected chi connectivity index (χ2v) is 8.05. The van der Waals surface area contributed by atoms with Crippen molar-refractivity contribution in [3.8, 4) is 5.69 Å². The monoisotopic (exact) mass is 393 g/mol. The van der Waals surface area contributed by atoms with E-state index >= 15 is 0 Å². The standard InChI is InChI=1S/C23H24ClN3O/c1-15(2)22-21-9-6-12-26(21)20-8-5-4-7-17(20)14-27(22)23(28)25-18-11-10-16(3)19(24)13-18/h4-13,15,22H,14H2,1-3H3,(H,25,28)/t22-/m0/s1. The van der Waals surface area contributed by atoms with Crippen LogP contribution in [0.1, 0.15) is 36.7 Å². The van der Waals surface area contributed by atoms with Gasteiger partial charge < -0.3 is 14.8 Å². The van der Waals surface area contributed by atoms with E-state index in [4.69, 9.17) is 11.6 Å². The van der Waals surface area contributed by atoms with Gasteiger partial charge in [-0.2, -0.15) is 0 Å². The minimum Gasteiger partial charge on any atom is -0.318 e. The van der Waals surface area contributed by atoms with Gasteiger partial charge in [-0.3, -0.25) is 0 Å². The first kappa shape index (κ1) is 18.6. The highest BCUT2D eigenvalue weighted by atomic mass is 35.5. The number of fused-ring (bicyclic) bond motifs is 3. The lowest BCUT2D eigenvalue weighted by atomic mass is 9.99. The van der Waals surface area contributed by atoms with Crippen molar-refractivity contribution >= 4 is 23.3 Å². The number of carbonyl (C=O) groups is 1. The molecule has 0 saturated carbocycles. The van der Waals surface area contributed by atoms with Crippen LogP contribution in [0.2, 0.25) is 5.02 Å². The van der Waals surface area contributed by atoms with Crippen LogP contribution >= 0.6 is 11.6 Å². The topological polar surface area (TPSA) is 37.3 Å². The van der Waals surface area contributed by atoms with Crippen molar-refractivity contribution in [3.63, 3.8) is 0 Å². The van der Waals surface area contributed by atoms with Gasteiger partial charge in [0, 0.05) is 22.6 Å². The Morgan fingerprint density at radius 3 is 2.68 bits per heavy atom. The second kappa shape index (κ2) is 7.36. The minimum atomic E-state index is -0.122. The SMILES string of the molecule is Cc1ccc(NC(=O)N2Cc3ccccc3-n3cccc3[C@@H]2C(C)C)cc1Cl. The van der Waals surface area contributed by atoms with Crippen molar-refractivity contribution in [2.75, 3.05) is 5.32 Å². The molecule has 1 N–H and O–H groups in total. The number of nitrogens with zero attached hydrogens (tertiary/aromatic N) is 2. The summed E-state index contributed by atoms with van der Waals surface area (Å²) in [5, 5.41) is 3.69. The van der Waals surface area contributed by atoms with E-state index in [1.54, 1.807) is 6.07 Å². The van der Waals surface area contributed by atoms with Gasteiger partial charge in [0.2, 0.25) is 0 Å². The van der Waals surface area contributed by atoms with Crippen LogP contribution in [0, 0.1) is 12.8 Å². The molecule has 0 fully saturated rings. The smallest absolute Gasteiger partial charge is 0.318 e. The van der Waals surface area contributed by atoms with E-state index < -0.39 is 0 Å². The molecule has 3 aromatic rings. The molecule has 5 heteroatoms. The molecule has 144 valence electrons. The number of aromatic nitrogens is 1. The van der Waals surface area contributed by atoms with Crippen molar-refractivity contribution in [3.05, 3.63) is 82.6 Å². The van der Waals surface area contributed by atoms with Crippen LogP contribution in [0.4, 0.5) is 10.5 Å². The molecule has 2 aromatic carbocycles. The number of rotatable bonds is 2. The first-order chi connectivity index (χ1) is 13.5. The molecule has 0 aliphatic carbocycles. The molecule has 0 saturated heterocycles. The Morgan fingerprint density at radius 1 is 1.14 bits per heavy atom. The fraction of sp³-hybridized carbons (Fsp3) is 0.261. The van der Waals surface area contributed by atoms with Gasteiger partial charge in [-0.15, -0.1) is 0 Å². The van der Waals surface area contributed by atoms with Crippen LogP contribution < -0.4 is 5.32 Å². The van der Waals surface area contributed by atoms with E-state index in [1.807, 2.05) is 42.2 Å². The number of amides is 2. The number of hydrogen-bond acceptors (Lipinski definition) is 1. The maximum absolute atomic E-state index is 13.3. The number of carbonyl (C=O) groups excluding carboxylic acids is 1. The first-order valence-corrected chi connectivity index (χ1v) is 9.93.